The minimum Gasteiger partial charge on any atom is -0.490 e. The van der Waals surface area contributed by atoms with Crippen molar-refractivity contribution in [2.45, 2.75) is 45.1 Å². The number of fused-ring (bicyclic) bond motifs is 1. The predicted octanol–water partition coefficient (Wildman–Crippen LogP) is 3.46. The summed E-state index contributed by atoms with van der Waals surface area (Å²) in [6.45, 7) is 6.07. The van der Waals surface area contributed by atoms with Gasteiger partial charge in [-0.05, 0) is 48.8 Å². The zero-order valence-corrected chi connectivity index (χ0v) is 12.5. The fraction of sp³-hybridized carbons (Fsp3) is 0.647. The summed E-state index contributed by atoms with van der Waals surface area (Å²) in [7, 11) is 0. The molecule has 2 atom stereocenters. The van der Waals surface area contributed by atoms with E-state index < -0.39 is 0 Å². The number of benzene rings is 1. The average molecular weight is 275 g/mol. The van der Waals surface area contributed by atoms with Gasteiger partial charge < -0.3 is 15.2 Å². The van der Waals surface area contributed by atoms with E-state index >= 15 is 0 Å². The minimum atomic E-state index is -0.220. The molecule has 0 saturated heterocycles. The Hall–Kier alpha value is -1.22. The lowest BCUT2D eigenvalue weighted by Gasteiger charge is -2.40. The molecule has 1 fully saturated rings. The zero-order chi connectivity index (χ0) is 14.2. The highest BCUT2D eigenvalue weighted by molar-refractivity contribution is 5.45. The van der Waals surface area contributed by atoms with Gasteiger partial charge in [0, 0.05) is 12.0 Å². The molecule has 0 bridgehead atoms. The molecule has 1 aromatic rings. The van der Waals surface area contributed by atoms with E-state index in [1.54, 1.807) is 0 Å². The summed E-state index contributed by atoms with van der Waals surface area (Å²) in [5.41, 5.74) is 7.71. The molecule has 1 aliphatic heterocycles. The van der Waals surface area contributed by atoms with Gasteiger partial charge in [-0.2, -0.15) is 0 Å². The van der Waals surface area contributed by atoms with Crippen LogP contribution in [0.1, 0.15) is 45.1 Å². The molecule has 1 aliphatic carbocycles. The second kappa shape index (κ2) is 5.28. The fourth-order valence-electron chi connectivity index (χ4n) is 3.89. The standard InChI is InChI=1S/C17H25NO2/c1-12-8-13(2)11-17(18,10-12)14-4-5-15-16(9-14)20-7-3-6-19-15/h4-5,9,12-13H,3,6-8,10-11,18H2,1-2H3. The Balaban J connectivity index is 1.91. The maximum atomic E-state index is 6.74. The molecular formula is C17H25NO2. The second-order valence-corrected chi connectivity index (χ2v) is 6.72. The molecule has 2 N–H and O–H groups in total. The molecule has 0 amide bonds. The fourth-order valence-corrected chi connectivity index (χ4v) is 3.89. The highest BCUT2D eigenvalue weighted by Gasteiger charge is 2.36. The van der Waals surface area contributed by atoms with Crippen molar-refractivity contribution in [3.8, 4) is 11.5 Å². The molecular weight excluding hydrogens is 250 g/mol. The van der Waals surface area contributed by atoms with E-state index in [1.165, 1.54) is 12.0 Å². The molecule has 0 radical (unpaired) electrons. The molecule has 0 spiro atoms. The molecule has 2 unspecified atom stereocenters. The lowest BCUT2D eigenvalue weighted by Crippen LogP contribution is -2.43. The monoisotopic (exact) mass is 275 g/mol. The first kappa shape index (κ1) is 13.7. The Morgan fingerprint density at radius 1 is 1.05 bits per heavy atom. The summed E-state index contributed by atoms with van der Waals surface area (Å²) < 4.78 is 11.5. The van der Waals surface area contributed by atoms with E-state index in [-0.39, 0.29) is 5.54 Å². The third-order valence-corrected chi connectivity index (χ3v) is 4.55. The lowest BCUT2D eigenvalue weighted by atomic mass is 9.69. The van der Waals surface area contributed by atoms with E-state index in [0.717, 1.165) is 44.0 Å². The van der Waals surface area contributed by atoms with Crippen LogP contribution in [-0.4, -0.2) is 13.2 Å². The van der Waals surface area contributed by atoms with Crippen molar-refractivity contribution >= 4 is 0 Å². The normalized spacial score (nSPS) is 33.5. The molecule has 3 nitrogen and oxygen atoms in total. The lowest BCUT2D eigenvalue weighted by molar-refractivity contribution is 0.183. The number of ether oxygens (including phenoxy) is 2. The molecule has 110 valence electrons. The molecule has 0 aromatic heterocycles. The van der Waals surface area contributed by atoms with Crippen molar-refractivity contribution in [1.82, 2.24) is 0 Å². The number of rotatable bonds is 1. The van der Waals surface area contributed by atoms with E-state index in [9.17, 15) is 0 Å². The van der Waals surface area contributed by atoms with Crippen LogP contribution in [0, 0.1) is 11.8 Å². The van der Waals surface area contributed by atoms with Gasteiger partial charge in [-0.3, -0.25) is 0 Å². The van der Waals surface area contributed by atoms with Crippen LogP contribution in [-0.2, 0) is 5.54 Å². The highest BCUT2D eigenvalue weighted by Crippen LogP contribution is 2.43. The predicted molar refractivity (Wildman–Crippen MR) is 80.1 cm³/mol. The Morgan fingerprint density at radius 3 is 2.40 bits per heavy atom. The van der Waals surface area contributed by atoms with Gasteiger partial charge in [-0.15, -0.1) is 0 Å². The van der Waals surface area contributed by atoms with E-state index in [0.29, 0.717) is 11.8 Å². The van der Waals surface area contributed by atoms with Crippen molar-refractivity contribution in [2.75, 3.05) is 13.2 Å². The summed E-state index contributed by atoms with van der Waals surface area (Å²) in [6, 6.07) is 6.25. The van der Waals surface area contributed by atoms with E-state index in [1.807, 2.05) is 6.07 Å². The molecule has 1 aromatic carbocycles. The zero-order valence-electron chi connectivity index (χ0n) is 12.5. The van der Waals surface area contributed by atoms with Gasteiger partial charge >= 0.3 is 0 Å². The van der Waals surface area contributed by atoms with Gasteiger partial charge in [0.1, 0.15) is 0 Å². The van der Waals surface area contributed by atoms with Crippen LogP contribution in [0.2, 0.25) is 0 Å². The molecule has 3 rings (SSSR count). The SMILES string of the molecule is CC1CC(C)CC(N)(c2ccc3c(c2)OCCCO3)C1. The van der Waals surface area contributed by atoms with Crippen molar-refractivity contribution < 1.29 is 9.47 Å². The van der Waals surface area contributed by atoms with Gasteiger partial charge in [0.2, 0.25) is 0 Å². The maximum Gasteiger partial charge on any atom is 0.161 e. The van der Waals surface area contributed by atoms with Gasteiger partial charge in [-0.1, -0.05) is 19.9 Å². The van der Waals surface area contributed by atoms with E-state index in [2.05, 4.69) is 26.0 Å². The Morgan fingerprint density at radius 2 is 1.70 bits per heavy atom. The number of hydrogen-bond donors (Lipinski definition) is 1. The summed E-state index contributed by atoms with van der Waals surface area (Å²) >= 11 is 0. The van der Waals surface area contributed by atoms with Gasteiger partial charge in [-0.25, -0.2) is 0 Å². The molecule has 1 heterocycles. The average Bonchev–Trinajstić information content (AvgIpc) is 2.61. The van der Waals surface area contributed by atoms with Gasteiger partial charge in [0.15, 0.2) is 11.5 Å². The highest BCUT2D eigenvalue weighted by atomic mass is 16.5. The first-order valence-corrected chi connectivity index (χ1v) is 7.76. The first-order valence-electron chi connectivity index (χ1n) is 7.76. The topological polar surface area (TPSA) is 44.5 Å². The Kier molecular flexibility index (Phi) is 3.63. The van der Waals surface area contributed by atoms with Crippen LogP contribution in [0.15, 0.2) is 18.2 Å². The van der Waals surface area contributed by atoms with Crippen LogP contribution in [0.5, 0.6) is 11.5 Å². The van der Waals surface area contributed by atoms with Crippen LogP contribution in [0.25, 0.3) is 0 Å². The largest absolute Gasteiger partial charge is 0.490 e. The molecule has 20 heavy (non-hydrogen) atoms. The van der Waals surface area contributed by atoms with Gasteiger partial charge in [0.25, 0.3) is 0 Å². The summed E-state index contributed by atoms with van der Waals surface area (Å²) in [5, 5.41) is 0. The summed E-state index contributed by atoms with van der Waals surface area (Å²) in [5.74, 6) is 3.07. The molecule has 1 saturated carbocycles. The second-order valence-electron chi connectivity index (χ2n) is 6.72. The Labute approximate surface area is 121 Å². The third-order valence-electron chi connectivity index (χ3n) is 4.55. The first-order chi connectivity index (χ1) is 9.57. The van der Waals surface area contributed by atoms with Crippen molar-refractivity contribution in [1.29, 1.82) is 0 Å². The van der Waals surface area contributed by atoms with Crippen molar-refractivity contribution in [3.63, 3.8) is 0 Å². The smallest absolute Gasteiger partial charge is 0.161 e. The van der Waals surface area contributed by atoms with Crippen LogP contribution < -0.4 is 15.2 Å². The Bertz CT molecular complexity index is 476. The third kappa shape index (κ3) is 2.64. The van der Waals surface area contributed by atoms with Crippen molar-refractivity contribution in [3.05, 3.63) is 23.8 Å². The maximum absolute atomic E-state index is 6.74. The minimum absolute atomic E-state index is 0.220. The van der Waals surface area contributed by atoms with Gasteiger partial charge in [0.05, 0.1) is 13.2 Å². The number of hydrogen-bond acceptors (Lipinski definition) is 3. The molecule has 2 aliphatic rings. The molecule has 3 heteroatoms. The van der Waals surface area contributed by atoms with Crippen LogP contribution in [0.3, 0.4) is 0 Å². The van der Waals surface area contributed by atoms with E-state index in [4.69, 9.17) is 15.2 Å². The summed E-state index contributed by atoms with van der Waals surface area (Å²) in [6.07, 6.45) is 4.32. The van der Waals surface area contributed by atoms with Crippen LogP contribution >= 0.6 is 0 Å². The quantitative estimate of drug-likeness (QED) is 0.853. The summed E-state index contributed by atoms with van der Waals surface area (Å²) in [4.78, 5) is 0. The van der Waals surface area contributed by atoms with Crippen LogP contribution in [0.4, 0.5) is 0 Å². The number of nitrogens with two attached hydrogens (primary N) is 1. The van der Waals surface area contributed by atoms with Crippen molar-refractivity contribution in [2.24, 2.45) is 17.6 Å².